The average molecular weight is 406 g/mol. The van der Waals surface area contributed by atoms with Gasteiger partial charge in [0.1, 0.15) is 5.75 Å². The van der Waals surface area contributed by atoms with Gasteiger partial charge in [0.15, 0.2) is 0 Å². The van der Waals surface area contributed by atoms with Crippen LogP contribution in [0.25, 0.3) is 0 Å². The van der Waals surface area contributed by atoms with E-state index in [-0.39, 0.29) is 24.3 Å². The third-order valence-electron chi connectivity index (χ3n) is 5.04. The second-order valence-electron chi connectivity index (χ2n) is 6.97. The SMILES string of the molecule is CNC(=O)c1cc(C(=O)Nc2cnn(CCO)c2)cc2c1OC[C@H]2c1ccccc1. The van der Waals surface area contributed by atoms with Gasteiger partial charge in [-0.2, -0.15) is 5.10 Å². The van der Waals surface area contributed by atoms with Gasteiger partial charge in [-0.15, -0.1) is 0 Å². The minimum absolute atomic E-state index is 0.0454. The summed E-state index contributed by atoms with van der Waals surface area (Å²) in [4.78, 5) is 25.4. The molecule has 0 spiro atoms. The van der Waals surface area contributed by atoms with Crippen molar-refractivity contribution in [2.45, 2.75) is 12.5 Å². The molecule has 8 nitrogen and oxygen atoms in total. The summed E-state index contributed by atoms with van der Waals surface area (Å²) in [5, 5.41) is 18.5. The number of amides is 2. The topological polar surface area (TPSA) is 105 Å². The van der Waals surface area contributed by atoms with Crippen LogP contribution < -0.4 is 15.4 Å². The van der Waals surface area contributed by atoms with Crippen molar-refractivity contribution in [2.24, 2.45) is 0 Å². The van der Waals surface area contributed by atoms with Gasteiger partial charge >= 0.3 is 0 Å². The number of rotatable bonds is 6. The van der Waals surface area contributed by atoms with Crippen molar-refractivity contribution in [3.05, 3.63) is 77.1 Å². The van der Waals surface area contributed by atoms with Crippen LogP contribution in [0.1, 0.15) is 37.8 Å². The Bertz CT molecular complexity index is 1080. The summed E-state index contributed by atoms with van der Waals surface area (Å²) in [6.45, 7) is 0.699. The number of fused-ring (bicyclic) bond motifs is 1. The van der Waals surface area contributed by atoms with Gasteiger partial charge in [-0.1, -0.05) is 30.3 Å². The number of nitrogens with zero attached hydrogens (tertiary/aromatic N) is 2. The predicted molar refractivity (Wildman–Crippen MR) is 111 cm³/mol. The molecule has 3 N–H and O–H groups in total. The van der Waals surface area contributed by atoms with Crippen LogP contribution in [-0.2, 0) is 6.54 Å². The molecular weight excluding hydrogens is 384 g/mol. The fourth-order valence-electron chi connectivity index (χ4n) is 3.58. The molecule has 2 heterocycles. The first-order chi connectivity index (χ1) is 14.6. The summed E-state index contributed by atoms with van der Waals surface area (Å²) < 4.78 is 7.41. The fourth-order valence-corrected chi connectivity index (χ4v) is 3.58. The normalized spacial score (nSPS) is 14.7. The number of aromatic nitrogens is 2. The number of anilines is 1. The molecular formula is C22H22N4O4. The number of nitrogens with one attached hydrogen (secondary N) is 2. The molecule has 4 rings (SSSR count). The first-order valence-corrected chi connectivity index (χ1v) is 9.63. The van der Waals surface area contributed by atoms with Gasteiger partial charge in [-0.05, 0) is 17.7 Å². The van der Waals surface area contributed by atoms with Crippen LogP contribution in [-0.4, -0.2) is 47.0 Å². The summed E-state index contributed by atoms with van der Waals surface area (Å²) in [7, 11) is 1.54. The second kappa shape index (κ2) is 8.38. The third kappa shape index (κ3) is 3.77. The summed E-state index contributed by atoms with van der Waals surface area (Å²) in [6.07, 6.45) is 3.15. The number of hydrogen-bond acceptors (Lipinski definition) is 5. The van der Waals surface area contributed by atoms with Gasteiger partial charge in [0.25, 0.3) is 11.8 Å². The zero-order valence-corrected chi connectivity index (χ0v) is 16.5. The van der Waals surface area contributed by atoms with Crippen molar-refractivity contribution in [3.8, 4) is 5.75 Å². The molecule has 0 fully saturated rings. The number of carbonyl (C=O) groups excluding carboxylic acids is 2. The van der Waals surface area contributed by atoms with E-state index < -0.39 is 0 Å². The highest BCUT2D eigenvalue weighted by molar-refractivity contribution is 6.07. The Morgan fingerprint density at radius 1 is 1.23 bits per heavy atom. The number of hydrogen-bond donors (Lipinski definition) is 3. The Kier molecular flexibility index (Phi) is 5.49. The lowest BCUT2D eigenvalue weighted by Gasteiger charge is -2.12. The first kappa shape index (κ1) is 19.7. The van der Waals surface area contributed by atoms with Crippen molar-refractivity contribution in [3.63, 3.8) is 0 Å². The molecule has 3 aromatic rings. The molecule has 1 aliphatic rings. The van der Waals surface area contributed by atoms with E-state index in [1.165, 1.54) is 10.9 Å². The van der Waals surface area contributed by atoms with Gasteiger partial charge in [-0.3, -0.25) is 14.3 Å². The number of ether oxygens (including phenoxy) is 1. The lowest BCUT2D eigenvalue weighted by Crippen LogP contribution is -2.20. The van der Waals surface area contributed by atoms with E-state index in [1.807, 2.05) is 30.3 Å². The van der Waals surface area contributed by atoms with Crippen molar-refractivity contribution >= 4 is 17.5 Å². The van der Waals surface area contributed by atoms with Gasteiger partial charge in [0.05, 0.1) is 37.2 Å². The molecule has 0 saturated heterocycles. The number of aliphatic hydroxyl groups is 1. The smallest absolute Gasteiger partial charge is 0.255 e. The van der Waals surface area contributed by atoms with Crippen molar-refractivity contribution in [2.75, 3.05) is 25.6 Å². The van der Waals surface area contributed by atoms with E-state index in [0.717, 1.165) is 11.1 Å². The first-order valence-electron chi connectivity index (χ1n) is 9.63. The molecule has 1 aliphatic heterocycles. The van der Waals surface area contributed by atoms with Crippen LogP contribution in [0.15, 0.2) is 54.9 Å². The zero-order valence-electron chi connectivity index (χ0n) is 16.5. The molecule has 0 bridgehead atoms. The van der Waals surface area contributed by atoms with E-state index in [1.54, 1.807) is 25.4 Å². The Hall–Kier alpha value is -3.65. The molecule has 0 unspecified atom stereocenters. The summed E-state index contributed by atoms with van der Waals surface area (Å²) in [5.74, 6) is -0.226. The monoisotopic (exact) mass is 406 g/mol. The van der Waals surface area contributed by atoms with Crippen molar-refractivity contribution in [1.82, 2.24) is 15.1 Å². The van der Waals surface area contributed by atoms with Crippen LogP contribution in [0.3, 0.4) is 0 Å². The molecule has 2 aromatic carbocycles. The van der Waals surface area contributed by atoms with Crippen molar-refractivity contribution in [1.29, 1.82) is 0 Å². The van der Waals surface area contributed by atoms with Gasteiger partial charge < -0.3 is 20.5 Å². The highest BCUT2D eigenvalue weighted by atomic mass is 16.5. The summed E-state index contributed by atoms with van der Waals surface area (Å²) in [5.41, 5.74) is 3.06. The Balaban J connectivity index is 1.69. The van der Waals surface area contributed by atoms with Gasteiger partial charge in [-0.25, -0.2) is 0 Å². The molecule has 0 radical (unpaired) electrons. The van der Waals surface area contributed by atoms with Crippen LogP contribution in [0.2, 0.25) is 0 Å². The zero-order chi connectivity index (χ0) is 21.1. The molecule has 1 atom stereocenters. The van der Waals surface area contributed by atoms with E-state index in [2.05, 4.69) is 15.7 Å². The standard InChI is InChI=1S/C22H22N4O4/c1-23-22(29)18-10-15(21(28)25-16-11-24-26(12-16)7-8-27)9-17-19(13-30-20(17)18)14-5-3-2-4-6-14/h2-6,9-12,19,27H,7-8,13H2,1H3,(H,23,29)(H,25,28)/t19-/m0/s1. The van der Waals surface area contributed by atoms with E-state index in [9.17, 15) is 9.59 Å². The molecule has 2 amide bonds. The van der Waals surface area contributed by atoms with Crippen LogP contribution in [0, 0.1) is 0 Å². The molecule has 0 saturated carbocycles. The molecule has 154 valence electrons. The molecule has 0 aliphatic carbocycles. The quantitative estimate of drug-likeness (QED) is 0.581. The summed E-state index contributed by atoms with van der Waals surface area (Å²) in [6, 6.07) is 13.2. The Morgan fingerprint density at radius 3 is 2.77 bits per heavy atom. The minimum atomic E-state index is -0.356. The second-order valence-corrected chi connectivity index (χ2v) is 6.97. The number of carbonyl (C=O) groups is 2. The average Bonchev–Trinajstić information content (AvgIpc) is 3.40. The Labute approximate surface area is 173 Å². The molecule has 1 aromatic heterocycles. The maximum Gasteiger partial charge on any atom is 0.255 e. The fraction of sp³-hybridized carbons (Fsp3) is 0.227. The van der Waals surface area contributed by atoms with E-state index >= 15 is 0 Å². The predicted octanol–water partition coefficient (Wildman–Crippen LogP) is 2.01. The maximum absolute atomic E-state index is 12.9. The van der Waals surface area contributed by atoms with Crippen LogP contribution in [0.5, 0.6) is 5.75 Å². The molecule has 8 heteroatoms. The summed E-state index contributed by atoms with van der Waals surface area (Å²) >= 11 is 0. The van der Waals surface area contributed by atoms with E-state index in [0.29, 0.717) is 35.7 Å². The minimum Gasteiger partial charge on any atom is -0.491 e. The highest BCUT2D eigenvalue weighted by Gasteiger charge is 2.31. The molecule has 30 heavy (non-hydrogen) atoms. The maximum atomic E-state index is 12.9. The lowest BCUT2D eigenvalue weighted by molar-refractivity contribution is 0.0960. The highest BCUT2D eigenvalue weighted by Crippen LogP contribution is 2.41. The largest absolute Gasteiger partial charge is 0.491 e. The van der Waals surface area contributed by atoms with Crippen molar-refractivity contribution < 1.29 is 19.4 Å². The van der Waals surface area contributed by atoms with Gasteiger partial charge in [0, 0.05) is 30.3 Å². The van der Waals surface area contributed by atoms with E-state index in [4.69, 9.17) is 9.84 Å². The van der Waals surface area contributed by atoms with Crippen LogP contribution in [0.4, 0.5) is 5.69 Å². The lowest BCUT2D eigenvalue weighted by atomic mass is 9.90. The van der Waals surface area contributed by atoms with Gasteiger partial charge in [0.2, 0.25) is 0 Å². The number of benzene rings is 2. The number of aliphatic hydroxyl groups excluding tert-OH is 1. The Morgan fingerprint density at radius 2 is 2.03 bits per heavy atom. The van der Waals surface area contributed by atoms with Crippen LogP contribution >= 0.6 is 0 Å². The third-order valence-corrected chi connectivity index (χ3v) is 5.04.